The molecule has 1 N–H and O–H groups in total. The maximum Gasteiger partial charge on any atom is 0.237 e. The molecule has 1 atom stereocenters. The van der Waals surface area contributed by atoms with Gasteiger partial charge in [-0.1, -0.05) is 20.3 Å². The van der Waals surface area contributed by atoms with E-state index in [1.54, 1.807) is 4.68 Å². The van der Waals surface area contributed by atoms with Gasteiger partial charge in [-0.25, -0.2) is 0 Å². The van der Waals surface area contributed by atoms with Crippen LogP contribution in [0.3, 0.4) is 0 Å². The fraction of sp³-hybridized carbons (Fsp3) is 0.615. The molecule has 0 aliphatic carbocycles. The van der Waals surface area contributed by atoms with Gasteiger partial charge in [-0.3, -0.25) is 9.48 Å². The van der Waals surface area contributed by atoms with Crippen molar-refractivity contribution in [2.45, 2.75) is 39.7 Å². The third-order valence-electron chi connectivity index (χ3n) is 2.83. The van der Waals surface area contributed by atoms with Gasteiger partial charge in [-0.15, -0.1) is 0 Å². The SMILES string of the molecule is CCCC(C#N)C(=O)NCc1cn(C)nc1CC. The molecule has 5 nitrogen and oxygen atoms in total. The summed E-state index contributed by atoms with van der Waals surface area (Å²) in [6, 6.07) is 2.04. The molecule has 1 rings (SSSR count). The topological polar surface area (TPSA) is 70.7 Å². The van der Waals surface area contributed by atoms with Gasteiger partial charge in [0.05, 0.1) is 11.8 Å². The Balaban J connectivity index is 2.59. The summed E-state index contributed by atoms with van der Waals surface area (Å²) in [4.78, 5) is 11.8. The van der Waals surface area contributed by atoms with Gasteiger partial charge in [0, 0.05) is 25.4 Å². The highest BCUT2D eigenvalue weighted by molar-refractivity contribution is 5.80. The van der Waals surface area contributed by atoms with Crippen molar-refractivity contribution in [3.8, 4) is 6.07 Å². The molecule has 0 saturated carbocycles. The van der Waals surface area contributed by atoms with Crippen molar-refractivity contribution in [1.29, 1.82) is 5.26 Å². The first-order valence-corrected chi connectivity index (χ1v) is 6.31. The lowest BCUT2D eigenvalue weighted by Crippen LogP contribution is -2.29. The predicted octanol–water partition coefficient (Wildman–Crippen LogP) is 1.54. The molecule has 98 valence electrons. The molecule has 1 unspecified atom stereocenters. The fourth-order valence-corrected chi connectivity index (χ4v) is 1.88. The number of carbonyl (C=O) groups excluding carboxylic acids is 1. The van der Waals surface area contributed by atoms with Crippen LogP contribution in [-0.4, -0.2) is 15.7 Å². The molecule has 18 heavy (non-hydrogen) atoms. The molecule has 1 amide bonds. The zero-order valence-corrected chi connectivity index (χ0v) is 11.2. The van der Waals surface area contributed by atoms with E-state index < -0.39 is 5.92 Å². The summed E-state index contributed by atoms with van der Waals surface area (Å²) in [5.74, 6) is -0.734. The fourth-order valence-electron chi connectivity index (χ4n) is 1.88. The minimum atomic E-state index is -0.545. The van der Waals surface area contributed by atoms with Crippen LogP contribution in [0.4, 0.5) is 0 Å². The maximum atomic E-state index is 11.8. The Labute approximate surface area is 108 Å². The van der Waals surface area contributed by atoms with Crippen molar-refractivity contribution < 1.29 is 4.79 Å². The summed E-state index contributed by atoms with van der Waals surface area (Å²) in [7, 11) is 1.86. The van der Waals surface area contributed by atoms with Crippen LogP contribution >= 0.6 is 0 Å². The molecule has 1 aromatic heterocycles. The monoisotopic (exact) mass is 248 g/mol. The number of aromatic nitrogens is 2. The number of aryl methyl sites for hydroxylation is 2. The molecular formula is C13H20N4O. The second kappa shape index (κ2) is 6.80. The standard InChI is InChI=1S/C13H20N4O/c1-4-6-10(7-14)13(18)15-8-11-9-17(3)16-12(11)5-2/h9-10H,4-6,8H2,1-3H3,(H,15,18). The number of nitrogens with one attached hydrogen (secondary N) is 1. The van der Waals surface area contributed by atoms with Crippen LogP contribution in [0.15, 0.2) is 6.20 Å². The molecule has 0 spiro atoms. The lowest BCUT2D eigenvalue weighted by atomic mass is 10.0. The summed E-state index contributed by atoms with van der Waals surface area (Å²) in [6.07, 6.45) is 4.18. The van der Waals surface area contributed by atoms with E-state index in [9.17, 15) is 4.79 Å². The number of carbonyl (C=O) groups is 1. The van der Waals surface area contributed by atoms with Crippen molar-refractivity contribution in [3.05, 3.63) is 17.5 Å². The van der Waals surface area contributed by atoms with Gasteiger partial charge in [-0.05, 0) is 12.8 Å². The van der Waals surface area contributed by atoms with E-state index in [1.807, 2.05) is 33.2 Å². The average Bonchev–Trinajstić information content (AvgIpc) is 2.73. The normalized spacial score (nSPS) is 11.9. The van der Waals surface area contributed by atoms with Crippen molar-refractivity contribution in [3.63, 3.8) is 0 Å². The number of rotatable bonds is 6. The first kappa shape index (κ1) is 14.2. The van der Waals surface area contributed by atoms with Crippen LogP contribution in [0.5, 0.6) is 0 Å². The zero-order chi connectivity index (χ0) is 13.5. The molecule has 0 radical (unpaired) electrons. The average molecular weight is 248 g/mol. The zero-order valence-electron chi connectivity index (χ0n) is 11.2. The van der Waals surface area contributed by atoms with Crippen LogP contribution in [0.25, 0.3) is 0 Å². The highest BCUT2D eigenvalue weighted by Gasteiger charge is 2.17. The summed E-state index contributed by atoms with van der Waals surface area (Å²) in [5, 5.41) is 16.0. The van der Waals surface area contributed by atoms with Crippen molar-refractivity contribution in [1.82, 2.24) is 15.1 Å². The van der Waals surface area contributed by atoms with E-state index in [0.717, 1.165) is 24.1 Å². The molecule has 1 aromatic rings. The largest absolute Gasteiger partial charge is 0.351 e. The van der Waals surface area contributed by atoms with Crippen molar-refractivity contribution >= 4 is 5.91 Å². The van der Waals surface area contributed by atoms with Gasteiger partial charge >= 0.3 is 0 Å². The maximum absolute atomic E-state index is 11.8. The third kappa shape index (κ3) is 3.59. The molecule has 0 bridgehead atoms. The Morgan fingerprint density at radius 2 is 2.33 bits per heavy atom. The molecular weight excluding hydrogens is 228 g/mol. The second-order valence-corrected chi connectivity index (χ2v) is 4.32. The Morgan fingerprint density at radius 1 is 1.61 bits per heavy atom. The minimum Gasteiger partial charge on any atom is -0.351 e. The highest BCUT2D eigenvalue weighted by Crippen LogP contribution is 2.09. The van der Waals surface area contributed by atoms with E-state index >= 15 is 0 Å². The predicted molar refractivity (Wildman–Crippen MR) is 68.4 cm³/mol. The van der Waals surface area contributed by atoms with Crippen molar-refractivity contribution in [2.24, 2.45) is 13.0 Å². The van der Waals surface area contributed by atoms with E-state index in [4.69, 9.17) is 5.26 Å². The molecule has 0 fully saturated rings. The lowest BCUT2D eigenvalue weighted by molar-refractivity contribution is -0.123. The quantitative estimate of drug-likeness (QED) is 0.830. The first-order valence-electron chi connectivity index (χ1n) is 6.31. The second-order valence-electron chi connectivity index (χ2n) is 4.32. The van der Waals surface area contributed by atoms with E-state index in [0.29, 0.717) is 13.0 Å². The number of hydrogen-bond acceptors (Lipinski definition) is 3. The van der Waals surface area contributed by atoms with Crippen LogP contribution < -0.4 is 5.32 Å². The molecule has 5 heteroatoms. The Hall–Kier alpha value is -1.83. The summed E-state index contributed by atoms with van der Waals surface area (Å²) >= 11 is 0. The molecule has 1 heterocycles. The van der Waals surface area contributed by atoms with Gasteiger partial charge in [0.25, 0.3) is 0 Å². The number of nitrogens with zero attached hydrogens (tertiary/aromatic N) is 3. The van der Waals surface area contributed by atoms with E-state index in [1.165, 1.54) is 0 Å². The van der Waals surface area contributed by atoms with Gasteiger partial charge in [0.2, 0.25) is 5.91 Å². The van der Waals surface area contributed by atoms with Crippen LogP contribution in [0.2, 0.25) is 0 Å². The number of hydrogen-bond donors (Lipinski definition) is 1. The highest BCUT2D eigenvalue weighted by atomic mass is 16.1. The molecule has 0 aliphatic rings. The minimum absolute atomic E-state index is 0.190. The third-order valence-corrected chi connectivity index (χ3v) is 2.83. The Bertz CT molecular complexity index is 444. The Kier molecular flexibility index (Phi) is 5.37. The van der Waals surface area contributed by atoms with E-state index in [-0.39, 0.29) is 5.91 Å². The summed E-state index contributed by atoms with van der Waals surface area (Å²) in [5.41, 5.74) is 2.00. The number of nitriles is 1. The van der Waals surface area contributed by atoms with Crippen LogP contribution in [0, 0.1) is 17.2 Å². The van der Waals surface area contributed by atoms with Crippen molar-refractivity contribution in [2.75, 3.05) is 0 Å². The van der Waals surface area contributed by atoms with Gasteiger partial charge in [0.15, 0.2) is 0 Å². The lowest BCUT2D eigenvalue weighted by Gasteiger charge is -2.08. The first-order chi connectivity index (χ1) is 8.62. The van der Waals surface area contributed by atoms with Gasteiger partial charge < -0.3 is 5.32 Å². The molecule has 0 aromatic carbocycles. The molecule has 0 saturated heterocycles. The Morgan fingerprint density at radius 3 is 2.89 bits per heavy atom. The smallest absolute Gasteiger partial charge is 0.237 e. The summed E-state index contributed by atoms with van der Waals surface area (Å²) in [6.45, 7) is 4.44. The molecule has 0 aliphatic heterocycles. The van der Waals surface area contributed by atoms with Gasteiger partial charge in [-0.2, -0.15) is 10.4 Å². The van der Waals surface area contributed by atoms with Crippen LogP contribution in [-0.2, 0) is 24.8 Å². The van der Waals surface area contributed by atoms with Crippen LogP contribution in [0.1, 0.15) is 37.9 Å². The summed E-state index contributed by atoms with van der Waals surface area (Å²) < 4.78 is 1.74. The van der Waals surface area contributed by atoms with E-state index in [2.05, 4.69) is 10.4 Å². The van der Waals surface area contributed by atoms with Gasteiger partial charge in [0.1, 0.15) is 5.92 Å². The number of amides is 1.